The minimum Gasteiger partial charge on any atom is -0.314 e. The Morgan fingerprint density at radius 3 is 2.23 bits per heavy atom. The molecule has 1 atom stereocenters. The number of hydrogen-bond acceptors (Lipinski definition) is 1. The van der Waals surface area contributed by atoms with Crippen molar-refractivity contribution in [3.63, 3.8) is 0 Å². The van der Waals surface area contributed by atoms with Crippen molar-refractivity contribution in [2.45, 2.75) is 59.4 Å². The molecule has 1 N–H and O–H groups in total. The molecule has 0 amide bonds. The Balaban J connectivity index is 2.17. The van der Waals surface area contributed by atoms with E-state index in [2.05, 4.69) is 33.0 Å². The van der Waals surface area contributed by atoms with E-state index in [9.17, 15) is 0 Å². The van der Waals surface area contributed by atoms with Crippen molar-refractivity contribution in [1.29, 1.82) is 0 Å². The average molecular weight is 183 g/mol. The smallest absolute Gasteiger partial charge is 0.00671 e. The van der Waals surface area contributed by atoms with Crippen LogP contribution >= 0.6 is 0 Å². The second-order valence-electron chi connectivity index (χ2n) is 5.66. The summed E-state index contributed by atoms with van der Waals surface area (Å²) in [5.74, 6) is 0.771. The molecule has 1 fully saturated rings. The van der Waals surface area contributed by atoms with Gasteiger partial charge < -0.3 is 5.32 Å². The highest BCUT2D eigenvalue weighted by Crippen LogP contribution is 2.25. The maximum Gasteiger partial charge on any atom is 0.00671 e. The third-order valence-corrected chi connectivity index (χ3v) is 3.55. The summed E-state index contributed by atoms with van der Waals surface area (Å²) in [6.07, 6.45) is 5.66. The van der Waals surface area contributed by atoms with Crippen molar-refractivity contribution in [2.75, 3.05) is 6.54 Å². The number of rotatable bonds is 3. The van der Waals surface area contributed by atoms with Crippen LogP contribution in [0.3, 0.4) is 0 Å². The normalized spacial score (nSPS) is 22.2. The fourth-order valence-corrected chi connectivity index (χ4v) is 1.78. The summed E-state index contributed by atoms with van der Waals surface area (Å²) in [5, 5.41) is 3.69. The molecule has 0 aliphatic heterocycles. The molecule has 0 heterocycles. The van der Waals surface area contributed by atoms with Crippen molar-refractivity contribution in [1.82, 2.24) is 5.32 Å². The molecule has 1 aliphatic rings. The van der Waals surface area contributed by atoms with Crippen molar-refractivity contribution in [2.24, 2.45) is 11.3 Å². The molecule has 0 aromatic carbocycles. The van der Waals surface area contributed by atoms with Gasteiger partial charge in [-0.25, -0.2) is 0 Å². The molecule has 0 bridgehead atoms. The second kappa shape index (κ2) is 4.45. The SMILES string of the molecule is CC(CNC1CCCC1)C(C)(C)C. The predicted molar refractivity (Wildman–Crippen MR) is 58.9 cm³/mol. The summed E-state index contributed by atoms with van der Waals surface area (Å²) in [5.41, 5.74) is 0.450. The van der Waals surface area contributed by atoms with Crippen LogP contribution in [0.5, 0.6) is 0 Å². The Bertz CT molecular complexity index is 140. The van der Waals surface area contributed by atoms with E-state index in [0.717, 1.165) is 12.0 Å². The first-order chi connectivity index (χ1) is 6.00. The molecule has 1 nitrogen and oxygen atoms in total. The zero-order valence-electron chi connectivity index (χ0n) is 9.69. The standard InChI is InChI=1S/C12H25N/c1-10(12(2,3)4)9-13-11-7-5-6-8-11/h10-11,13H,5-9H2,1-4H3. The molecule has 78 valence electrons. The summed E-state index contributed by atoms with van der Waals surface area (Å²) in [7, 11) is 0. The first-order valence-corrected chi connectivity index (χ1v) is 5.73. The molecule has 1 aliphatic carbocycles. The van der Waals surface area contributed by atoms with Crippen LogP contribution in [0.4, 0.5) is 0 Å². The fraction of sp³-hybridized carbons (Fsp3) is 1.00. The van der Waals surface area contributed by atoms with Gasteiger partial charge in [0.05, 0.1) is 0 Å². The summed E-state index contributed by atoms with van der Waals surface area (Å²) in [6.45, 7) is 10.5. The molecular weight excluding hydrogens is 158 g/mol. The zero-order valence-corrected chi connectivity index (χ0v) is 9.69. The van der Waals surface area contributed by atoms with Gasteiger partial charge in [0.1, 0.15) is 0 Å². The molecule has 0 saturated heterocycles. The van der Waals surface area contributed by atoms with E-state index in [1.165, 1.54) is 32.2 Å². The fourth-order valence-electron chi connectivity index (χ4n) is 1.78. The Hall–Kier alpha value is -0.0400. The van der Waals surface area contributed by atoms with Crippen LogP contribution in [0.15, 0.2) is 0 Å². The van der Waals surface area contributed by atoms with E-state index in [1.54, 1.807) is 0 Å². The molecule has 0 radical (unpaired) electrons. The van der Waals surface area contributed by atoms with Crippen LogP contribution < -0.4 is 5.32 Å². The maximum absolute atomic E-state index is 3.69. The summed E-state index contributed by atoms with van der Waals surface area (Å²) in [4.78, 5) is 0. The zero-order chi connectivity index (χ0) is 9.90. The van der Waals surface area contributed by atoms with Gasteiger partial charge in [-0.3, -0.25) is 0 Å². The highest BCUT2D eigenvalue weighted by Gasteiger charge is 2.21. The molecule has 1 rings (SSSR count). The molecule has 1 heteroatoms. The summed E-state index contributed by atoms with van der Waals surface area (Å²) >= 11 is 0. The van der Waals surface area contributed by atoms with Crippen LogP contribution in [0.1, 0.15) is 53.4 Å². The molecule has 0 aromatic heterocycles. The monoisotopic (exact) mass is 183 g/mol. The van der Waals surface area contributed by atoms with E-state index in [1.807, 2.05) is 0 Å². The third-order valence-electron chi connectivity index (χ3n) is 3.55. The molecule has 1 unspecified atom stereocenters. The van der Waals surface area contributed by atoms with Crippen molar-refractivity contribution in [3.8, 4) is 0 Å². The van der Waals surface area contributed by atoms with Gasteiger partial charge >= 0.3 is 0 Å². The lowest BCUT2D eigenvalue weighted by Gasteiger charge is -2.28. The molecule has 13 heavy (non-hydrogen) atoms. The van der Waals surface area contributed by atoms with Crippen LogP contribution in [-0.2, 0) is 0 Å². The third kappa shape index (κ3) is 3.68. The Morgan fingerprint density at radius 1 is 1.23 bits per heavy atom. The first-order valence-electron chi connectivity index (χ1n) is 5.73. The highest BCUT2D eigenvalue weighted by atomic mass is 14.9. The quantitative estimate of drug-likeness (QED) is 0.708. The topological polar surface area (TPSA) is 12.0 Å². The largest absolute Gasteiger partial charge is 0.314 e. The van der Waals surface area contributed by atoms with Gasteiger partial charge in [0.15, 0.2) is 0 Å². The predicted octanol–water partition coefficient (Wildman–Crippen LogP) is 3.20. The Kier molecular flexibility index (Phi) is 3.78. The van der Waals surface area contributed by atoms with Gasteiger partial charge in [0.25, 0.3) is 0 Å². The van der Waals surface area contributed by atoms with Gasteiger partial charge in [0.2, 0.25) is 0 Å². The lowest BCUT2D eigenvalue weighted by atomic mass is 9.82. The van der Waals surface area contributed by atoms with Gasteiger partial charge in [0, 0.05) is 6.04 Å². The van der Waals surface area contributed by atoms with E-state index in [0.29, 0.717) is 5.41 Å². The second-order valence-corrected chi connectivity index (χ2v) is 5.66. The van der Waals surface area contributed by atoms with Gasteiger partial charge in [-0.2, -0.15) is 0 Å². The lowest BCUT2D eigenvalue weighted by Crippen LogP contribution is -2.35. The summed E-state index contributed by atoms with van der Waals surface area (Å²) in [6, 6.07) is 0.824. The Labute approximate surface area is 83.3 Å². The molecular formula is C12H25N. The van der Waals surface area contributed by atoms with E-state index in [4.69, 9.17) is 0 Å². The van der Waals surface area contributed by atoms with Gasteiger partial charge in [-0.15, -0.1) is 0 Å². The van der Waals surface area contributed by atoms with Crippen molar-refractivity contribution >= 4 is 0 Å². The van der Waals surface area contributed by atoms with Crippen molar-refractivity contribution < 1.29 is 0 Å². The van der Waals surface area contributed by atoms with Gasteiger partial charge in [-0.05, 0) is 30.7 Å². The van der Waals surface area contributed by atoms with Crippen LogP contribution in [0.25, 0.3) is 0 Å². The maximum atomic E-state index is 3.69. The van der Waals surface area contributed by atoms with Crippen LogP contribution in [0.2, 0.25) is 0 Å². The molecule has 0 aromatic rings. The minimum atomic E-state index is 0.450. The number of nitrogens with one attached hydrogen (secondary N) is 1. The Morgan fingerprint density at radius 2 is 1.77 bits per heavy atom. The van der Waals surface area contributed by atoms with Crippen LogP contribution in [-0.4, -0.2) is 12.6 Å². The average Bonchev–Trinajstić information content (AvgIpc) is 2.50. The van der Waals surface area contributed by atoms with E-state index in [-0.39, 0.29) is 0 Å². The van der Waals surface area contributed by atoms with Crippen LogP contribution in [0, 0.1) is 11.3 Å². The first kappa shape index (κ1) is 11.0. The number of hydrogen-bond donors (Lipinski definition) is 1. The summed E-state index contributed by atoms with van der Waals surface area (Å²) < 4.78 is 0. The minimum absolute atomic E-state index is 0.450. The van der Waals surface area contributed by atoms with E-state index < -0.39 is 0 Å². The lowest BCUT2D eigenvalue weighted by molar-refractivity contribution is 0.245. The molecule has 1 saturated carbocycles. The molecule has 0 spiro atoms. The van der Waals surface area contributed by atoms with E-state index >= 15 is 0 Å². The van der Waals surface area contributed by atoms with Gasteiger partial charge in [-0.1, -0.05) is 40.5 Å². The van der Waals surface area contributed by atoms with Crippen molar-refractivity contribution in [3.05, 3.63) is 0 Å². The highest BCUT2D eigenvalue weighted by molar-refractivity contribution is 4.77.